The van der Waals surface area contributed by atoms with E-state index in [0.29, 0.717) is 12.0 Å². The first-order valence-electron chi connectivity index (χ1n) is 7.29. The van der Waals surface area contributed by atoms with Crippen molar-refractivity contribution in [3.05, 3.63) is 52.6 Å². The second kappa shape index (κ2) is 9.55. The minimum Gasteiger partial charge on any atom is -0.450 e. The van der Waals surface area contributed by atoms with Gasteiger partial charge in [-0.05, 0) is 43.4 Å². The number of non-ortho nitro benzene ring substituents is 1. The molecule has 1 N–H and O–H groups in total. The van der Waals surface area contributed by atoms with Crippen molar-refractivity contribution >= 4 is 11.8 Å². The Labute approximate surface area is 129 Å². The lowest BCUT2D eigenvalue weighted by Crippen LogP contribution is -2.09. The molecule has 1 atom stereocenters. The normalized spacial score (nSPS) is 11.6. The molecule has 120 valence electrons. The van der Waals surface area contributed by atoms with Crippen LogP contribution in [0.1, 0.15) is 50.2 Å². The van der Waals surface area contributed by atoms with E-state index in [1.54, 1.807) is 12.1 Å². The number of ether oxygens (including phenoxy) is 1. The van der Waals surface area contributed by atoms with Crippen LogP contribution in [0.15, 0.2) is 36.9 Å². The number of allylic oxidation sites excluding steroid dienone is 1. The molecular formula is C16H21NO5. The van der Waals surface area contributed by atoms with Crippen molar-refractivity contribution in [2.24, 2.45) is 0 Å². The first-order chi connectivity index (χ1) is 10.5. The van der Waals surface area contributed by atoms with Crippen LogP contribution in [0.3, 0.4) is 0 Å². The largest absolute Gasteiger partial charge is 0.506 e. The molecule has 0 radical (unpaired) electrons. The fourth-order valence-corrected chi connectivity index (χ4v) is 2.20. The van der Waals surface area contributed by atoms with Crippen molar-refractivity contribution < 1.29 is 19.6 Å². The third kappa shape index (κ3) is 6.39. The molecule has 0 fully saturated rings. The van der Waals surface area contributed by atoms with Gasteiger partial charge in [-0.15, -0.1) is 6.58 Å². The van der Waals surface area contributed by atoms with E-state index in [4.69, 9.17) is 9.84 Å². The fraction of sp³-hybridized carbons (Fsp3) is 0.438. The molecule has 0 saturated carbocycles. The molecule has 0 saturated heterocycles. The average Bonchev–Trinajstić information content (AvgIpc) is 2.49. The summed E-state index contributed by atoms with van der Waals surface area (Å²) < 4.78 is 4.90. The summed E-state index contributed by atoms with van der Waals surface area (Å²) in [5.74, 6) is 0. The molecule has 0 bridgehead atoms. The van der Waals surface area contributed by atoms with Gasteiger partial charge in [0.05, 0.1) is 4.92 Å². The maximum atomic E-state index is 10.8. The lowest BCUT2D eigenvalue weighted by Gasteiger charge is -2.16. The highest BCUT2D eigenvalue weighted by molar-refractivity contribution is 5.57. The topological polar surface area (TPSA) is 89.7 Å². The molecule has 0 spiro atoms. The quantitative estimate of drug-likeness (QED) is 0.219. The van der Waals surface area contributed by atoms with Gasteiger partial charge in [0, 0.05) is 12.1 Å². The van der Waals surface area contributed by atoms with Gasteiger partial charge < -0.3 is 9.84 Å². The molecule has 0 aliphatic heterocycles. The maximum absolute atomic E-state index is 10.8. The summed E-state index contributed by atoms with van der Waals surface area (Å²) >= 11 is 0. The van der Waals surface area contributed by atoms with E-state index in [9.17, 15) is 14.9 Å². The van der Waals surface area contributed by atoms with Crippen LogP contribution in [-0.2, 0) is 4.74 Å². The second-order valence-electron chi connectivity index (χ2n) is 5.00. The summed E-state index contributed by atoms with van der Waals surface area (Å²) in [5.41, 5.74) is 0.612. The molecule has 1 aromatic rings. The molecule has 0 heterocycles. The Hall–Kier alpha value is -2.37. The summed E-state index contributed by atoms with van der Waals surface area (Å²) in [5, 5.41) is 19.4. The number of hydrogen-bond donors (Lipinski definition) is 1. The number of benzene rings is 1. The fourth-order valence-electron chi connectivity index (χ4n) is 2.20. The van der Waals surface area contributed by atoms with Crippen LogP contribution in [0, 0.1) is 10.1 Å². The Kier molecular flexibility index (Phi) is 7.67. The highest BCUT2D eigenvalue weighted by atomic mass is 16.7. The van der Waals surface area contributed by atoms with Crippen LogP contribution < -0.4 is 0 Å². The summed E-state index contributed by atoms with van der Waals surface area (Å²) in [7, 11) is 0. The van der Waals surface area contributed by atoms with Gasteiger partial charge in [-0.2, -0.15) is 0 Å². The number of unbranched alkanes of at least 4 members (excludes halogenated alkanes) is 4. The number of carboxylic acid groups (broad SMARTS) is 1. The number of carbonyl (C=O) groups is 1. The molecule has 0 amide bonds. The van der Waals surface area contributed by atoms with Gasteiger partial charge >= 0.3 is 6.16 Å². The van der Waals surface area contributed by atoms with Crippen LogP contribution in [0.25, 0.3) is 0 Å². The monoisotopic (exact) mass is 307 g/mol. The number of nitro groups is 1. The van der Waals surface area contributed by atoms with Crippen molar-refractivity contribution in [3.63, 3.8) is 0 Å². The zero-order valence-electron chi connectivity index (χ0n) is 12.4. The first kappa shape index (κ1) is 17.7. The van der Waals surface area contributed by atoms with E-state index >= 15 is 0 Å². The van der Waals surface area contributed by atoms with Crippen molar-refractivity contribution in [1.29, 1.82) is 0 Å². The maximum Gasteiger partial charge on any atom is 0.506 e. The van der Waals surface area contributed by atoms with Crippen molar-refractivity contribution in [3.8, 4) is 0 Å². The van der Waals surface area contributed by atoms with Crippen LogP contribution >= 0.6 is 0 Å². The smallest absolute Gasteiger partial charge is 0.450 e. The molecule has 1 rings (SSSR count). The van der Waals surface area contributed by atoms with Gasteiger partial charge in [0.2, 0.25) is 0 Å². The van der Waals surface area contributed by atoms with E-state index in [-0.39, 0.29) is 5.69 Å². The molecule has 6 nitrogen and oxygen atoms in total. The van der Waals surface area contributed by atoms with Gasteiger partial charge in [-0.1, -0.05) is 18.9 Å². The number of rotatable bonds is 10. The third-order valence-corrected chi connectivity index (χ3v) is 3.34. The molecule has 22 heavy (non-hydrogen) atoms. The summed E-state index contributed by atoms with van der Waals surface area (Å²) in [6.45, 7) is 3.67. The molecule has 1 unspecified atom stereocenters. The SMILES string of the molecule is C=CCCCCCCC(OC(=O)O)c1ccc([N+](=O)[O-])cc1. The Morgan fingerprint density at radius 3 is 2.45 bits per heavy atom. The molecular weight excluding hydrogens is 286 g/mol. The van der Waals surface area contributed by atoms with Gasteiger partial charge in [0.25, 0.3) is 5.69 Å². The zero-order chi connectivity index (χ0) is 16.4. The van der Waals surface area contributed by atoms with Crippen molar-refractivity contribution in [1.82, 2.24) is 0 Å². The summed E-state index contributed by atoms with van der Waals surface area (Å²) in [6.07, 6.45) is 5.47. The van der Waals surface area contributed by atoms with E-state index < -0.39 is 17.2 Å². The van der Waals surface area contributed by atoms with Gasteiger partial charge in [-0.25, -0.2) is 4.79 Å². The van der Waals surface area contributed by atoms with Crippen LogP contribution in [0.2, 0.25) is 0 Å². The Balaban J connectivity index is 2.57. The first-order valence-corrected chi connectivity index (χ1v) is 7.29. The summed E-state index contributed by atoms with van der Waals surface area (Å²) in [6, 6.07) is 5.81. The summed E-state index contributed by atoms with van der Waals surface area (Å²) in [4.78, 5) is 20.9. The lowest BCUT2D eigenvalue weighted by molar-refractivity contribution is -0.384. The minimum atomic E-state index is -1.34. The van der Waals surface area contributed by atoms with E-state index in [2.05, 4.69) is 6.58 Å². The van der Waals surface area contributed by atoms with Crippen molar-refractivity contribution in [2.45, 2.75) is 44.6 Å². The van der Waals surface area contributed by atoms with Crippen LogP contribution in [0.5, 0.6) is 0 Å². The van der Waals surface area contributed by atoms with E-state index in [1.165, 1.54) is 12.1 Å². The highest BCUT2D eigenvalue weighted by Gasteiger charge is 2.17. The number of nitro benzene ring substituents is 1. The average molecular weight is 307 g/mol. The Bertz CT molecular complexity index is 498. The van der Waals surface area contributed by atoms with E-state index in [0.717, 1.165) is 32.1 Å². The molecule has 6 heteroatoms. The molecule has 1 aromatic carbocycles. The highest BCUT2D eigenvalue weighted by Crippen LogP contribution is 2.26. The number of hydrogen-bond acceptors (Lipinski definition) is 4. The predicted octanol–water partition coefficient (Wildman–Crippen LogP) is 4.86. The number of nitrogens with zero attached hydrogens (tertiary/aromatic N) is 1. The lowest BCUT2D eigenvalue weighted by atomic mass is 10.0. The molecule has 0 aromatic heterocycles. The molecule has 0 aliphatic rings. The zero-order valence-corrected chi connectivity index (χ0v) is 12.4. The van der Waals surface area contributed by atoms with Crippen molar-refractivity contribution in [2.75, 3.05) is 0 Å². The third-order valence-electron chi connectivity index (χ3n) is 3.34. The standard InChI is InChI=1S/C16H21NO5/c1-2-3-4-5-6-7-8-15(22-16(18)19)13-9-11-14(12-10-13)17(20)21/h2,9-12,15H,1,3-8H2,(H,18,19). The van der Waals surface area contributed by atoms with E-state index in [1.807, 2.05) is 6.08 Å². The van der Waals surface area contributed by atoms with Crippen LogP contribution in [0.4, 0.5) is 10.5 Å². The Morgan fingerprint density at radius 1 is 1.27 bits per heavy atom. The van der Waals surface area contributed by atoms with Gasteiger partial charge in [0.1, 0.15) is 6.10 Å². The van der Waals surface area contributed by atoms with Gasteiger partial charge in [-0.3, -0.25) is 10.1 Å². The minimum absolute atomic E-state index is 0.0257. The van der Waals surface area contributed by atoms with Crippen LogP contribution in [-0.4, -0.2) is 16.2 Å². The second-order valence-corrected chi connectivity index (χ2v) is 5.00. The predicted molar refractivity (Wildman–Crippen MR) is 82.8 cm³/mol. The Morgan fingerprint density at radius 2 is 1.91 bits per heavy atom. The van der Waals surface area contributed by atoms with Gasteiger partial charge in [0.15, 0.2) is 0 Å². The molecule has 0 aliphatic carbocycles.